The van der Waals surface area contributed by atoms with E-state index in [2.05, 4.69) is 36.8 Å². The standard InChI is InChI=1S/C31H42FN3O2/c1-21(2)28-24-14-13-23(32)20-22(24)15-16-31(28,37-29(36)30(3,4)5)17-19-35(6)18-9-12-27-33-25-10-7-8-11-26(25)34-27/h7-8,10-11,13-14,20-21,28H,9,12,15-19H2,1-6H3,(H,33,34)/t28-,31-/m0/s1. The number of hydrogen-bond donors (Lipinski definition) is 1. The maximum atomic E-state index is 14.0. The molecule has 1 aromatic heterocycles. The number of fused-ring (bicyclic) bond motifs is 2. The Balaban J connectivity index is 1.47. The van der Waals surface area contributed by atoms with Crippen molar-refractivity contribution in [3.05, 3.63) is 65.2 Å². The quantitative estimate of drug-likeness (QED) is 0.329. The number of para-hydroxylation sites is 2. The molecule has 4 rings (SSSR count). The summed E-state index contributed by atoms with van der Waals surface area (Å²) in [6.45, 7) is 11.8. The number of H-pyrrole nitrogens is 1. The van der Waals surface area contributed by atoms with Gasteiger partial charge in [-0.3, -0.25) is 4.79 Å². The molecule has 1 heterocycles. The molecule has 1 aliphatic rings. The van der Waals surface area contributed by atoms with E-state index >= 15 is 0 Å². The van der Waals surface area contributed by atoms with Crippen molar-refractivity contribution >= 4 is 17.0 Å². The molecule has 6 heteroatoms. The van der Waals surface area contributed by atoms with Crippen LogP contribution < -0.4 is 0 Å². The Kier molecular flexibility index (Phi) is 8.08. The number of ether oxygens (including phenoxy) is 1. The van der Waals surface area contributed by atoms with Crippen LogP contribution in [0.4, 0.5) is 4.39 Å². The maximum absolute atomic E-state index is 14.0. The number of hydrogen-bond acceptors (Lipinski definition) is 4. The van der Waals surface area contributed by atoms with Crippen LogP contribution in [0.5, 0.6) is 0 Å². The van der Waals surface area contributed by atoms with E-state index in [0.717, 1.165) is 60.3 Å². The fourth-order valence-corrected chi connectivity index (χ4v) is 5.76. The van der Waals surface area contributed by atoms with Crippen molar-refractivity contribution in [2.75, 3.05) is 20.1 Å². The largest absolute Gasteiger partial charge is 0.458 e. The SMILES string of the molecule is CC(C)[C@H]1c2ccc(F)cc2CC[C@@]1(CCN(C)CCCc1nc2ccccc2[nH]1)OC(=O)C(C)(C)C. The van der Waals surface area contributed by atoms with Gasteiger partial charge in [0.05, 0.1) is 16.4 Å². The molecule has 0 radical (unpaired) electrons. The first-order chi connectivity index (χ1) is 17.5. The second-order valence-electron chi connectivity index (χ2n) is 12.1. The lowest BCUT2D eigenvalue weighted by Crippen LogP contribution is -2.50. The Morgan fingerprint density at radius 3 is 2.68 bits per heavy atom. The van der Waals surface area contributed by atoms with Gasteiger partial charge in [-0.05, 0) is 94.9 Å². The third-order valence-corrected chi connectivity index (χ3v) is 7.71. The van der Waals surface area contributed by atoms with Crippen LogP contribution in [0.25, 0.3) is 11.0 Å². The summed E-state index contributed by atoms with van der Waals surface area (Å²) in [7, 11) is 2.13. The average Bonchev–Trinajstić information content (AvgIpc) is 3.25. The Bertz CT molecular complexity index is 1200. The minimum Gasteiger partial charge on any atom is -0.458 e. The van der Waals surface area contributed by atoms with Gasteiger partial charge in [0.1, 0.15) is 17.2 Å². The van der Waals surface area contributed by atoms with Crippen molar-refractivity contribution in [2.45, 2.75) is 78.2 Å². The van der Waals surface area contributed by atoms with Gasteiger partial charge in [-0.2, -0.15) is 0 Å². The Hall–Kier alpha value is -2.73. The number of esters is 1. The first-order valence-corrected chi connectivity index (χ1v) is 13.6. The molecular formula is C31H42FN3O2. The number of carbonyl (C=O) groups excluding carboxylic acids is 1. The predicted molar refractivity (Wildman–Crippen MR) is 147 cm³/mol. The molecule has 0 amide bonds. The number of imidazole rings is 1. The number of benzene rings is 2. The lowest BCUT2D eigenvalue weighted by atomic mass is 9.65. The van der Waals surface area contributed by atoms with Gasteiger partial charge in [-0.25, -0.2) is 9.37 Å². The van der Waals surface area contributed by atoms with Gasteiger partial charge in [0.15, 0.2) is 0 Å². The van der Waals surface area contributed by atoms with Gasteiger partial charge in [0, 0.05) is 25.3 Å². The fourth-order valence-electron chi connectivity index (χ4n) is 5.76. The Labute approximate surface area is 220 Å². The number of aromatic amines is 1. The zero-order chi connectivity index (χ0) is 26.8. The molecule has 0 fully saturated rings. The Morgan fingerprint density at radius 1 is 1.22 bits per heavy atom. The lowest BCUT2D eigenvalue weighted by Gasteiger charge is -2.48. The molecule has 3 aromatic rings. The van der Waals surface area contributed by atoms with Crippen LogP contribution in [-0.4, -0.2) is 46.6 Å². The molecule has 2 atom stereocenters. The predicted octanol–water partition coefficient (Wildman–Crippen LogP) is 6.67. The highest BCUT2D eigenvalue weighted by Gasteiger charge is 2.48. The molecule has 200 valence electrons. The Morgan fingerprint density at radius 2 is 1.97 bits per heavy atom. The van der Waals surface area contributed by atoms with Gasteiger partial charge in [-0.1, -0.05) is 32.0 Å². The van der Waals surface area contributed by atoms with Crippen molar-refractivity contribution in [3.63, 3.8) is 0 Å². The molecule has 1 aliphatic carbocycles. The second kappa shape index (κ2) is 10.9. The number of carbonyl (C=O) groups is 1. The van der Waals surface area contributed by atoms with E-state index in [4.69, 9.17) is 9.72 Å². The van der Waals surface area contributed by atoms with E-state index in [9.17, 15) is 9.18 Å². The number of halogens is 1. The van der Waals surface area contributed by atoms with E-state index in [1.807, 2.05) is 45.0 Å². The van der Waals surface area contributed by atoms with Gasteiger partial charge >= 0.3 is 5.97 Å². The summed E-state index contributed by atoms with van der Waals surface area (Å²) in [6, 6.07) is 13.2. The minimum absolute atomic E-state index is 0.0205. The monoisotopic (exact) mass is 507 g/mol. The van der Waals surface area contributed by atoms with E-state index in [0.29, 0.717) is 12.8 Å². The number of aromatic nitrogens is 2. The van der Waals surface area contributed by atoms with Crippen LogP contribution in [0, 0.1) is 17.2 Å². The second-order valence-corrected chi connectivity index (χ2v) is 12.1. The first kappa shape index (κ1) is 27.3. The van der Waals surface area contributed by atoms with Crippen LogP contribution in [0.2, 0.25) is 0 Å². The zero-order valence-electron chi connectivity index (χ0n) is 23.2. The van der Waals surface area contributed by atoms with Gasteiger partial charge in [-0.15, -0.1) is 0 Å². The van der Waals surface area contributed by atoms with Crippen LogP contribution in [-0.2, 0) is 22.4 Å². The highest BCUT2D eigenvalue weighted by Crippen LogP contribution is 2.48. The van der Waals surface area contributed by atoms with Gasteiger partial charge < -0.3 is 14.6 Å². The summed E-state index contributed by atoms with van der Waals surface area (Å²) >= 11 is 0. The molecule has 0 aliphatic heterocycles. The highest BCUT2D eigenvalue weighted by molar-refractivity contribution is 5.76. The molecule has 0 spiro atoms. The molecule has 1 N–H and O–H groups in total. The van der Waals surface area contributed by atoms with Crippen LogP contribution in [0.15, 0.2) is 42.5 Å². The lowest BCUT2D eigenvalue weighted by molar-refractivity contribution is -0.177. The molecule has 0 saturated carbocycles. The number of nitrogens with zero attached hydrogens (tertiary/aromatic N) is 2. The summed E-state index contributed by atoms with van der Waals surface area (Å²) in [4.78, 5) is 23.6. The number of aryl methyl sites for hydroxylation is 2. The van der Waals surface area contributed by atoms with E-state index in [1.165, 1.54) is 0 Å². The third-order valence-electron chi connectivity index (χ3n) is 7.71. The van der Waals surface area contributed by atoms with E-state index in [1.54, 1.807) is 12.1 Å². The van der Waals surface area contributed by atoms with Crippen molar-refractivity contribution in [1.82, 2.24) is 14.9 Å². The summed E-state index contributed by atoms with van der Waals surface area (Å²) in [5.41, 5.74) is 3.04. The topological polar surface area (TPSA) is 58.2 Å². The number of rotatable bonds is 9. The molecular weight excluding hydrogens is 465 g/mol. The summed E-state index contributed by atoms with van der Waals surface area (Å²) < 4.78 is 20.5. The maximum Gasteiger partial charge on any atom is 0.311 e. The number of nitrogens with one attached hydrogen (secondary N) is 1. The molecule has 2 aromatic carbocycles. The first-order valence-electron chi connectivity index (χ1n) is 13.6. The van der Waals surface area contributed by atoms with Crippen molar-refractivity contribution in [1.29, 1.82) is 0 Å². The molecule has 0 saturated heterocycles. The van der Waals surface area contributed by atoms with Crippen molar-refractivity contribution in [2.24, 2.45) is 11.3 Å². The molecule has 37 heavy (non-hydrogen) atoms. The molecule has 0 bridgehead atoms. The summed E-state index contributed by atoms with van der Waals surface area (Å²) in [5, 5.41) is 0. The van der Waals surface area contributed by atoms with Crippen molar-refractivity contribution < 1.29 is 13.9 Å². The zero-order valence-corrected chi connectivity index (χ0v) is 23.2. The third kappa shape index (κ3) is 6.23. The summed E-state index contributed by atoms with van der Waals surface area (Å²) in [6.07, 6.45) is 4.04. The van der Waals surface area contributed by atoms with E-state index in [-0.39, 0.29) is 23.6 Å². The van der Waals surface area contributed by atoms with Gasteiger partial charge in [0.25, 0.3) is 0 Å². The normalized spacial score (nSPS) is 20.0. The highest BCUT2D eigenvalue weighted by atomic mass is 19.1. The minimum atomic E-state index is -0.615. The molecule has 0 unspecified atom stereocenters. The molecule has 5 nitrogen and oxygen atoms in total. The van der Waals surface area contributed by atoms with Crippen molar-refractivity contribution in [3.8, 4) is 0 Å². The fraction of sp³-hybridized carbons (Fsp3) is 0.548. The smallest absolute Gasteiger partial charge is 0.311 e. The summed E-state index contributed by atoms with van der Waals surface area (Å²) in [5.74, 6) is 0.907. The average molecular weight is 508 g/mol. The van der Waals surface area contributed by atoms with Gasteiger partial charge in [0.2, 0.25) is 0 Å². The van der Waals surface area contributed by atoms with Crippen LogP contribution >= 0.6 is 0 Å². The van der Waals surface area contributed by atoms with Crippen LogP contribution in [0.1, 0.15) is 76.8 Å². The van der Waals surface area contributed by atoms with Crippen LogP contribution in [0.3, 0.4) is 0 Å². The van der Waals surface area contributed by atoms with E-state index < -0.39 is 11.0 Å².